The minimum Gasteiger partial charge on any atom is -0.298 e. The van der Waals surface area contributed by atoms with E-state index in [0.717, 1.165) is 12.6 Å². The van der Waals surface area contributed by atoms with Crippen molar-refractivity contribution in [1.29, 1.82) is 0 Å². The fourth-order valence-electron chi connectivity index (χ4n) is 3.29. The Labute approximate surface area is 118 Å². The largest absolute Gasteiger partial charge is 0.298 e. The highest BCUT2D eigenvalue weighted by Crippen LogP contribution is 2.25. The lowest BCUT2D eigenvalue weighted by Gasteiger charge is -2.42. The van der Waals surface area contributed by atoms with E-state index in [4.69, 9.17) is 0 Å². The lowest BCUT2D eigenvalue weighted by molar-refractivity contribution is 0.0540. The van der Waals surface area contributed by atoms with E-state index < -0.39 is 0 Å². The quantitative estimate of drug-likeness (QED) is 0.828. The van der Waals surface area contributed by atoms with Crippen molar-refractivity contribution in [2.45, 2.75) is 38.4 Å². The van der Waals surface area contributed by atoms with Gasteiger partial charge < -0.3 is 0 Å². The van der Waals surface area contributed by atoms with Crippen molar-refractivity contribution in [2.24, 2.45) is 0 Å². The summed E-state index contributed by atoms with van der Waals surface area (Å²) in [4.78, 5) is 5.33. The Morgan fingerprint density at radius 1 is 1.22 bits per heavy atom. The number of piperazine rings is 1. The first-order valence-corrected chi connectivity index (χ1v) is 7.74. The van der Waals surface area contributed by atoms with Crippen molar-refractivity contribution in [3.63, 3.8) is 0 Å². The van der Waals surface area contributed by atoms with Gasteiger partial charge in [-0.05, 0) is 44.0 Å². The Morgan fingerprint density at radius 3 is 2.78 bits per heavy atom. The minimum absolute atomic E-state index is 0.683. The van der Waals surface area contributed by atoms with E-state index in [9.17, 15) is 0 Å². The minimum atomic E-state index is 0.683. The summed E-state index contributed by atoms with van der Waals surface area (Å²) in [5.41, 5.74) is 1.43. The molecule has 1 aromatic rings. The zero-order valence-electron chi connectivity index (χ0n) is 11.0. The van der Waals surface area contributed by atoms with Crippen LogP contribution < -0.4 is 0 Å². The second kappa shape index (κ2) is 5.32. The molecule has 2 fully saturated rings. The van der Waals surface area contributed by atoms with Crippen molar-refractivity contribution in [2.75, 3.05) is 19.6 Å². The zero-order chi connectivity index (χ0) is 12.5. The van der Waals surface area contributed by atoms with Crippen molar-refractivity contribution >= 4 is 15.9 Å². The molecule has 0 aliphatic carbocycles. The summed E-state index contributed by atoms with van der Waals surface area (Å²) >= 11 is 3.50. The molecule has 0 saturated carbocycles. The molecule has 0 bridgehead atoms. The van der Waals surface area contributed by atoms with Gasteiger partial charge in [0.05, 0.1) is 0 Å². The van der Waals surface area contributed by atoms with Crippen molar-refractivity contribution in [3.8, 4) is 0 Å². The predicted molar refractivity (Wildman–Crippen MR) is 78.6 cm³/mol. The fourth-order valence-corrected chi connectivity index (χ4v) is 3.56. The third kappa shape index (κ3) is 2.63. The lowest BCUT2D eigenvalue weighted by Crippen LogP contribution is -2.54. The molecule has 1 aromatic carbocycles. The molecule has 2 aliphatic heterocycles. The van der Waals surface area contributed by atoms with Crippen LogP contribution in [0.1, 0.15) is 25.3 Å². The summed E-state index contributed by atoms with van der Waals surface area (Å²) in [6, 6.07) is 10.3. The molecule has 2 atom stereocenters. The molecule has 2 nitrogen and oxygen atoms in total. The fraction of sp³-hybridized carbons (Fsp3) is 0.600. The molecule has 3 heteroatoms. The molecular formula is C15H21BrN2. The Hall–Kier alpha value is -0.380. The van der Waals surface area contributed by atoms with E-state index in [-0.39, 0.29) is 0 Å². The predicted octanol–water partition coefficient (Wildman–Crippen LogP) is 3.12. The molecule has 2 unspecified atom stereocenters. The van der Waals surface area contributed by atoms with Crippen LogP contribution in [-0.4, -0.2) is 41.5 Å². The van der Waals surface area contributed by atoms with Crippen LogP contribution in [-0.2, 0) is 6.54 Å². The molecule has 98 valence electrons. The number of rotatable bonds is 2. The highest BCUT2D eigenvalue weighted by atomic mass is 79.9. The smallest absolute Gasteiger partial charge is 0.0237 e. The van der Waals surface area contributed by atoms with Gasteiger partial charge in [-0.15, -0.1) is 0 Å². The topological polar surface area (TPSA) is 6.48 Å². The standard InChI is InChI=1S/C15H21BrN2/c1-12-9-17-8-2-3-15(17)11-18(12)10-13-4-6-14(16)7-5-13/h4-7,12,15H,2-3,8-11H2,1H3. The number of benzene rings is 1. The van der Waals surface area contributed by atoms with Gasteiger partial charge in [-0.25, -0.2) is 0 Å². The summed E-state index contributed by atoms with van der Waals surface area (Å²) in [7, 11) is 0. The first-order valence-electron chi connectivity index (χ1n) is 6.95. The van der Waals surface area contributed by atoms with Crippen LogP contribution in [0.3, 0.4) is 0 Å². The van der Waals surface area contributed by atoms with E-state index in [1.54, 1.807) is 0 Å². The van der Waals surface area contributed by atoms with Gasteiger partial charge in [-0.2, -0.15) is 0 Å². The van der Waals surface area contributed by atoms with Gasteiger partial charge in [-0.1, -0.05) is 28.1 Å². The van der Waals surface area contributed by atoms with Gasteiger partial charge in [0.25, 0.3) is 0 Å². The second-order valence-electron chi connectivity index (χ2n) is 5.70. The summed E-state index contributed by atoms with van der Waals surface area (Å²) in [5.74, 6) is 0. The Balaban J connectivity index is 1.66. The number of hydrogen-bond acceptors (Lipinski definition) is 2. The Bertz CT molecular complexity index is 403. The van der Waals surface area contributed by atoms with Gasteiger partial charge in [0.1, 0.15) is 0 Å². The second-order valence-corrected chi connectivity index (χ2v) is 6.61. The van der Waals surface area contributed by atoms with Crippen LogP contribution in [0.2, 0.25) is 0 Å². The van der Waals surface area contributed by atoms with E-state index in [0.29, 0.717) is 6.04 Å². The van der Waals surface area contributed by atoms with Crippen molar-refractivity contribution < 1.29 is 0 Å². The number of fused-ring (bicyclic) bond motifs is 1. The number of nitrogens with zero attached hydrogens (tertiary/aromatic N) is 2. The Kier molecular flexibility index (Phi) is 3.73. The van der Waals surface area contributed by atoms with E-state index in [1.807, 2.05) is 0 Å². The molecule has 2 aliphatic rings. The molecule has 0 radical (unpaired) electrons. The molecule has 0 N–H and O–H groups in total. The molecule has 2 heterocycles. The Morgan fingerprint density at radius 2 is 2.00 bits per heavy atom. The first-order chi connectivity index (χ1) is 8.72. The normalized spacial score (nSPS) is 29.4. The number of halogens is 1. The van der Waals surface area contributed by atoms with E-state index in [1.165, 1.54) is 42.5 Å². The van der Waals surface area contributed by atoms with Crippen LogP contribution >= 0.6 is 15.9 Å². The van der Waals surface area contributed by atoms with Gasteiger partial charge >= 0.3 is 0 Å². The molecular weight excluding hydrogens is 288 g/mol. The highest BCUT2D eigenvalue weighted by Gasteiger charge is 2.33. The summed E-state index contributed by atoms with van der Waals surface area (Å²) < 4.78 is 1.17. The van der Waals surface area contributed by atoms with Crippen molar-refractivity contribution in [1.82, 2.24) is 9.80 Å². The van der Waals surface area contributed by atoms with Crippen LogP contribution in [0.25, 0.3) is 0 Å². The van der Waals surface area contributed by atoms with Crippen LogP contribution in [0, 0.1) is 0 Å². The highest BCUT2D eigenvalue weighted by molar-refractivity contribution is 9.10. The van der Waals surface area contributed by atoms with Gasteiger partial charge in [-0.3, -0.25) is 9.80 Å². The monoisotopic (exact) mass is 308 g/mol. The summed E-state index contributed by atoms with van der Waals surface area (Å²) in [6.07, 6.45) is 2.78. The first kappa shape index (κ1) is 12.6. The summed E-state index contributed by atoms with van der Waals surface area (Å²) in [5, 5.41) is 0. The van der Waals surface area contributed by atoms with E-state index in [2.05, 4.69) is 56.9 Å². The maximum Gasteiger partial charge on any atom is 0.0237 e. The van der Waals surface area contributed by atoms with Crippen LogP contribution in [0.5, 0.6) is 0 Å². The van der Waals surface area contributed by atoms with E-state index >= 15 is 0 Å². The molecule has 3 rings (SSSR count). The average Bonchev–Trinajstić information content (AvgIpc) is 2.79. The lowest BCUT2D eigenvalue weighted by atomic mass is 10.1. The molecule has 0 aromatic heterocycles. The summed E-state index contributed by atoms with van der Waals surface area (Å²) in [6.45, 7) is 7.28. The molecule has 0 amide bonds. The molecule has 2 saturated heterocycles. The van der Waals surface area contributed by atoms with Crippen LogP contribution in [0.15, 0.2) is 28.7 Å². The number of hydrogen-bond donors (Lipinski definition) is 0. The third-order valence-electron chi connectivity index (χ3n) is 4.37. The maximum atomic E-state index is 3.50. The van der Waals surface area contributed by atoms with Crippen molar-refractivity contribution in [3.05, 3.63) is 34.3 Å². The van der Waals surface area contributed by atoms with Gasteiger partial charge in [0.2, 0.25) is 0 Å². The zero-order valence-corrected chi connectivity index (χ0v) is 12.6. The maximum absolute atomic E-state index is 3.50. The third-order valence-corrected chi connectivity index (χ3v) is 4.89. The molecule has 18 heavy (non-hydrogen) atoms. The molecule has 0 spiro atoms. The van der Waals surface area contributed by atoms with Gasteiger partial charge in [0.15, 0.2) is 0 Å². The SMILES string of the molecule is CC1CN2CCCC2CN1Cc1ccc(Br)cc1. The van der Waals surface area contributed by atoms with Gasteiger partial charge in [0, 0.05) is 36.2 Å². The van der Waals surface area contributed by atoms with Crippen LogP contribution in [0.4, 0.5) is 0 Å². The average molecular weight is 309 g/mol.